The van der Waals surface area contributed by atoms with Gasteiger partial charge in [-0.1, -0.05) is 12.1 Å². The number of nitrogens with one attached hydrogen (secondary N) is 1. The molecule has 18 heavy (non-hydrogen) atoms. The van der Waals surface area contributed by atoms with Crippen molar-refractivity contribution in [1.82, 2.24) is 5.32 Å². The second-order valence-electron chi connectivity index (χ2n) is 5.92. The van der Waals surface area contributed by atoms with Gasteiger partial charge < -0.3 is 5.32 Å². The zero-order valence-electron chi connectivity index (χ0n) is 10.9. The Labute approximate surface area is 105 Å². The maximum Gasteiger partial charge on any atom is 0.416 e. The number of hydrogen-bond acceptors (Lipinski definition) is 1. The lowest BCUT2D eigenvalue weighted by Crippen LogP contribution is -2.43. The molecule has 0 aliphatic carbocycles. The van der Waals surface area contributed by atoms with Crippen molar-refractivity contribution >= 4 is 0 Å². The highest BCUT2D eigenvalue weighted by molar-refractivity contribution is 5.31. The zero-order valence-corrected chi connectivity index (χ0v) is 10.9. The lowest BCUT2D eigenvalue weighted by molar-refractivity contribution is -0.137. The third kappa shape index (κ3) is 2.53. The van der Waals surface area contributed by atoms with Crippen LogP contribution in [0, 0.1) is 0 Å². The predicted octanol–water partition coefficient (Wildman–Crippen LogP) is 4.08. The summed E-state index contributed by atoms with van der Waals surface area (Å²) in [6, 6.07) is 5.48. The molecule has 0 amide bonds. The largest absolute Gasteiger partial charge is 0.416 e. The average molecular weight is 257 g/mol. The molecule has 2 rings (SSSR count). The highest BCUT2D eigenvalue weighted by Crippen LogP contribution is 2.38. The summed E-state index contributed by atoms with van der Waals surface area (Å²) >= 11 is 0. The van der Waals surface area contributed by atoms with Gasteiger partial charge in [0.1, 0.15) is 0 Å². The summed E-state index contributed by atoms with van der Waals surface area (Å²) in [6.07, 6.45) is -2.31. The molecule has 0 spiro atoms. The molecule has 1 aromatic carbocycles. The van der Waals surface area contributed by atoms with E-state index >= 15 is 0 Å². The molecule has 1 saturated heterocycles. The molecule has 1 heterocycles. The molecule has 1 unspecified atom stereocenters. The van der Waals surface area contributed by atoms with Crippen molar-refractivity contribution in [3.05, 3.63) is 35.4 Å². The van der Waals surface area contributed by atoms with Gasteiger partial charge in [-0.3, -0.25) is 0 Å². The van der Waals surface area contributed by atoms with Gasteiger partial charge in [0, 0.05) is 11.1 Å². The number of halogens is 3. The van der Waals surface area contributed by atoms with Gasteiger partial charge in [0.05, 0.1) is 5.56 Å². The molecule has 1 aliphatic rings. The SMILES string of the molecule is CC1(C)CCC(C)(c2ccc(C(F)(F)F)cc2)N1. The van der Waals surface area contributed by atoms with Gasteiger partial charge in [0.2, 0.25) is 0 Å². The van der Waals surface area contributed by atoms with Crippen molar-refractivity contribution in [2.24, 2.45) is 0 Å². The van der Waals surface area contributed by atoms with E-state index in [9.17, 15) is 13.2 Å². The van der Waals surface area contributed by atoms with Gasteiger partial charge in [-0.2, -0.15) is 13.2 Å². The van der Waals surface area contributed by atoms with Crippen LogP contribution in [-0.2, 0) is 11.7 Å². The minimum absolute atomic E-state index is 0.0391. The minimum Gasteiger partial charge on any atom is -0.303 e. The molecule has 100 valence electrons. The van der Waals surface area contributed by atoms with Crippen LogP contribution in [0.3, 0.4) is 0 Å². The monoisotopic (exact) mass is 257 g/mol. The van der Waals surface area contributed by atoms with Crippen molar-refractivity contribution in [3.63, 3.8) is 0 Å². The Balaban J connectivity index is 2.26. The van der Waals surface area contributed by atoms with Crippen LogP contribution in [-0.4, -0.2) is 5.54 Å². The van der Waals surface area contributed by atoms with Gasteiger partial charge in [-0.25, -0.2) is 0 Å². The molecule has 0 bridgehead atoms. The van der Waals surface area contributed by atoms with Crippen LogP contribution in [0.2, 0.25) is 0 Å². The first-order valence-corrected chi connectivity index (χ1v) is 6.10. The van der Waals surface area contributed by atoms with Crippen LogP contribution in [0.4, 0.5) is 13.2 Å². The Morgan fingerprint density at radius 2 is 1.56 bits per heavy atom. The molecule has 1 aromatic rings. The van der Waals surface area contributed by atoms with Gasteiger partial charge in [-0.05, 0) is 51.3 Å². The summed E-state index contributed by atoms with van der Waals surface area (Å²) in [6.45, 7) is 6.27. The Hall–Kier alpha value is -1.03. The van der Waals surface area contributed by atoms with Crippen LogP contribution < -0.4 is 5.32 Å². The lowest BCUT2D eigenvalue weighted by Gasteiger charge is -2.29. The Kier molecular flexibility index (Phi) is 2.97. The van der Waals surface area contributed by atoms with E-state index in [0.717, 1.165) is 30.5 Å². The van der Waals surface area contributed by atoms with E-state index in [2.05, 4.69) is 19.2 Å². The summed E-state index contributed by atoms with van der Waals surface area (Å²) in [7, 11) is 0. The number of alkyl halides is 3. The van der Waals surface area contributed by atoms with E-state index in [0.29, 0.717) is 0 Å². The Bertz CT molecular complexity index is 433. The van der Waals surface area contributed by atoms with Crippen LogP contribution in [0.15, 0.2) is 24.3 Å². The van der Waals surface area contributed by atoms with E-state index in [-0.39, 0.29) is 11.1 Å². The van der Waals surface area contributed by atoms with Crippen molar-refractivity contribution < 1.29 is 13.2 Å². The second kappa shape index (κ2) is 3.98. The van der Waals surface area contributed by atoms with Crippen LogP contribution in [0.25, 0.3) is 0 Å². The molecule has 4 heteroatoms. The number of rotatable bonds is 1. The van der Waals surface area contributed by atoms with E-state index < -0.39 is 11.7 Å². The third-order valence-corrected chi connectivity index (χ3v) is 3.71. The van der Waals surface area contributed by atoms with Crippen molar-refractivity contribution in [2.45, 2.75) is 50.9 Å². The Morgan fingerprint density at radius 3 is 1.94 bits per heavy atom. The highest BCUT2D eigenvalue weighted by Gasteiger charge is 2.40. The van der Waals surface area contributed by atoms with Crippen molar-refractivity contribution in [3.8, 4) is 0 Å². The smallest absolute Gasteiger partial charge is 0.303 e. The Morgan fingerprint density at radius 1 is 1.00 bits per heavy atom. The summed E-state index contributed by atoms with van der Waals surface area (Å²) in [4.78, 5) is 0. The van der Waals surface area contributed by atoms with Gasteiger partial charge >= 0.3 is 6.18 Å². The standard InChI is InChI=1S/C14H18F3N/c1-12(2)8-9-13(3,18-12)10-4-6-11(7-5-10)14(15,16)17/h4-7,18H,8-9H2,1-3H3. The van der Waals surface area contributed by atoms with E-state index in [4.69, 9.17) is 0 Å². The van der Waals surface area contributed by atoms with E-state index in [1.165, 1.54) is 0 Å². The van der Waals surface area contributed by atoms with E-state index in [1.54, 1.807) is 12.1 Å². The normalized spacial score (nSPS) is 27.4. The highest BCUT2D eigenvalue weighted by atomic mass is 19.4. The fourth-order valence-electron chi connectivity index (χ4n) is 2.68. The first-order chi connectivity index (χ1) is 8.12. The molecule has 1 atom stereocenters. The molecule has 0 saturated carbocycles. The quantitative estimate of drug-likeness (QED) is 0.799. The molecule has 1 aliphatic heterocycles. The fraction of sp³-hybridized carbons (Fsp3) is 0.571. The van der Waals surface area contributed by atoms with E-state index in [1.807, 2.05) is 6.92 Å². The molecule has 1 N–H and O–H groups in total. The fourth-order valence-corrected chi connectivity index (χ4v) is 2.68. The maximum absolute atomic E-state index is 12.5. The molecule has 0 aromatic heterocycles. The van der Waals surface area contributed by atoms with Crippen LogP contribution in [0.5, 0.6) is 0 Å². The maximum atomic E-state index is 12.5. The van der Waals surface area contributed by atoms with Crippen molar-refractivity contribution in [2.75, 3.05) is 0 Å². The van der Waals surface area contributed by atoms with Gasteiger partial charge in [0.25, 0.3) is 0 Å². The zero-order chi connectivity index (χ0) is 13.6. The third-order valence-electron chi connectivity index (χ3n) is 3.71. The topological polar surface area (TPSA) is 12.0 Å². The van der Waals surface area contributed by atoms with Crippen LogP contribution in [0.1, 0.15) is 44.7 Å². The first-order valence-electron chi connectivity index (χ1n) is 6.10. The molecular weight excluding hydrogens is 239 g/mol. The van der Waals surface area contributed by atoms with Gasteiger partial charge in [0.15, 0.2) is 0 Å². The van der Waals surface area contributed by atoms with Crippen molar-refractivity contribution in [1.29, 1.82) is 0 Å². The summed E-state index contributed by atoms with van der Waals surface area (Å²) in [5, 5.41) is 3.50. The second-order valence-corrected chi connectivity index (χ2v) is 5.92. The predicted molar refractivity (Wildman–Crippen MR) is 65.2 cm³/mol. The lowest BCUT2D eigenvalue weighted by atomic mass is 9.90. The summed E-state index contributed by atoms with van der Waals surface area (Å²) in [5.41, 5.74) is 0.138. The summed E-state index contributed by atoms with van der Waals surface area (Å²) < 4.78 is 37.5. The average Bonchev–Trinajstić information content (AvgIpc) is 2.53. The van der Waals surface area contributed by atoms with Gasteiger partial charge in [-0.15, -0.1) is 0 Å². The van der Waals surface area contributed by atoms with Crippen LogP contribution >= 0.6 is 0 Å². The molecular formula is C14H18F3N. The molecule has 1 fully saturated rings. The first kappa shape index (κ1) is 13.4. The minimum atomic E-state index is -4.26. The summed E-state index contributed by atoms with van der Waals surface area (Å²) in [5.74, 6) is 0. The number of benzene rings is 1. The molecule has 0 radical (unpaired) electrons. The number of hydrogen-bond donors (Lipinski definition) is 1. The molecule has 1 nitrogen and oxygen atoms in total.